The molecule has 1 N–H and O–H groups in total. The molecule has 3 rings (SSSR count). The summed E-state index contributed by atoms with van der Waals surface area (Å²) in [6, 6.07) is 12.6. The maximum atomic E-state index is 12.9. The van der Waals surface area contributed by atoms with Crippen LogP contribution in [0.15, 0.2) is 59.6 Å². The zero-order valence-electron chi connectivity index (χ0n) is 13.9. The molecule has 0 aliphatic rings. The zero-order valence-corrected chi connectivity index (χ0v) is 16.2. The Labute approximate surface area is 170 Å². The summed E-state index contributed by atoms with van der Waals surface area (Å²) in [6.45, 7) is 0. The number of nitriles is 1. The van der Waals surface area contributed by atoms with E-state index in [2.05, 4.69) is 9.71 Å². The first-order chi connectivity index (χ1) is 13.3. The third-order valence-electron chi connectivity index (χ3n) is 3.48. The topological polar surface area (TPSA) is 92.1 Å². The van der Waals surface area contributed by atoms with E-state index in [-0.39, 0.29) is 37.8 Å². The molecule has 0 amide bonds. The normalized spacial score (nSPS) is 10.9. The van der Waals surface area contributed by atoms with Gasteiger partial charge in [0.25, 0.3) is 10.0 Å². The van der Waals surface area contributed by atoms with Crippen LogP contribution in [-0.4, -0.2) is 13.4 Å². The number of hydrogen-bond acceptors (Lipinski definition) is 5. The fraction of sp³-hybridized carbons (Fsp3) is 0. The van der Waals surface area contributed by atoms with Crippen molar-refractivity contribution in [3.63, 3.8) is 0 Å². The minimum atomic E-state index is -4.05. The molecule has 0 saturated heterocycles. The van der Waals surface area contributed by atoms with E-state index in [0.29, 0.717) is 0 Å². The number of rotatable bonds is 5. The van der Waals surface area contributed by atoms with Gasteiger partial charge < -0.3 is 4.74 Å². The molecule has 0 saturated carbocycles. The first kappa shape index (κ1) is 19.9. The Morgan fingerprint density at radius 1 is 1.11 bits per heavy atom. The standard InChI is InChI=1S/C18H10Cl2FN3O3S/c19-14-2-1-3-16(18(14)20)27-15-6-5-13(8-11(15)9-22)28(25,26)24-17-7-4-12(21)10-23-17/h1-8,10H,(H,23,24). The van der Waals surface area contributed by atoms with Gasteiger partial charge in [-0.05, 0) is 42.5 Å². The Morgan fingerprint density at radius 3 is 2.57 bits per heavy atom. The molecule has 0 aliphatic carbocycles. The first-order valence-electron chi connectivity index (χ1n) is 7.60. The highest BCUT2D eigenvalue weighted by Crippen LogP contribution is 2.36. The van der Waals surface area contributed by atoms with Crippen molar-refractivity contribution in [2.24, 2.45) is 0 Å². The Hall–Kier alpha value is -2.86. The molecular weight excluding hydrogens is 428 g/mol. The second kappa shape index (κ2) is 8.02. The average Bonchev–Trinajstić information content (AvgIpc) is 2.67. The van der Waals surface area contributed by atoms with Crippen molar-refractivity contribution < 1.29 is 17.5 Å². The van der Waals surface area contributed by atoms with E-state index >= 15 is 0 Å². The molecule has 0 spiro atoms. The number of ether oxygens (including phenoxy) is 1. The Morgan fingerprint density at radius 2 is 1.89 bits per heavy atom. The summed E-state index contributed by atoms with van der Waals surface area (Å²) in [5, 5.41) is 9.80. The van der Waals surface area contributed by atoms with Crippen molar-refractivity contribution in [2.45, 2.75) is 4.90 Å². The highest BCUT2D eigenvalue weighted by molar-refractivity contribution is 7.92. The molecule has 0 bridgehead atoms. The molecular formula is C18H10Cl2FN3O3S. The fourth-order valence-electron chi connectivity index (χ4n) is 2.17. The van der Waals surface area contributed by atoms with Gasteiger partial charge in [0.2, 0.25) is 0 Å². The molecule has 6 nitrogen and oxygen atoms in total. The van der Waals surface area contributed by atoms with Crippen LogP contribution in [0.3, 0.4) is 0 Å². The van der Waals surface area contributed by atoms with Gasteiger partial charge in [0, 0.05) is 0 Å². The Bertz CT molecular complexity index is 1180. The number of pyridine rings is 1. The van der Waals surface area contributed by atoms with Crippen LogP contribution >= 0.6 is 23.2 Å². The zero-order chi connectivity index (χ0) is 20.3. The maximum Gasteiger partial charge on any atom is 0.263 e. The number of benzene rings is 2. The van der Waals surface area contributed by atoms with Gasteiger partial charge in [-0.2, -0.15) is 5.26 Å². The second-order valence-corrected chi connectivity index (χ2v) is 7.86. The van der Waals surface area contributed by atoms with Crippen LogP contribution in [0, 0.1) is 17.1 Å². The van der Waals surface area contributed by atoms with Gasteiger partial charge >= 0.3 is 0 Å². The number of sulfonamides is 1. The number of aromatic nitrogens is 1. The third-order valence-corrected chi connectivity index (χ3v) is 5.64. The summed E-state index contributed by atoms with van der Waals surface area (Å²) in [7, 11) is -4.05. The van der Waals surface area contributed by atoms with E-state index in [1.165, 1.54) is 18.2 Å². The van der Waals surface area contributed by atoms with E-state index in [9.17, 15) is 18.1 Å². The summed E-state index contributed by atoms with van der Waals surface area (Å²) in [4.78, 5) is 3.45. The highest BCUT2D eigenvalue weighted by Gasteiger charge is 2.18. The SMILES string of the molecule is N#Cc1cc(S(=O)(=O)Nc2ccc(F)cn2)ccc1Oc1cccc(Cl)c1Cl. The smallest absolute Gasteiger partial charge is 0.263 e. The quantitative estimate of drug-likeness (QED) is 0.606. The minimum absolute atomic E-state index is 0.0361. The van der Waals surface area contributed by atoms with Crippen LogP contribution < -0.4 is 9.46 Å². The van der Waals surface area contributed by atoms with Crippen molar-refractivity contribution in [1.29, 1.82) is 5.26 Å². The van der Waals surface area contributed by atoms with Crippen molar-refractivity contribution >= 4 is 39.0 Å². The molecule has 142 valence electrons. The third kappa shape index (κ3) is 4.34. The molecule has 0 unspecified atom stereocenters. The van der Waals surface area contributed by atoms with E-state index in [0.717, 1.165) is 18.3 Å². The van der Waals surface area contributed by atoms with Crippen LogP contribution in [0.1, 0.15) is 5.56 Å². The predicted molar refractivity (Wildman–Crippen MR) is 103 cm³/mol. The summed E-state index contributed by atoms with van der Waals surface area (Å²) in [6.07, 6.45) is 0.879. The minimum Gasteiger partial charge on any atom is -0.454 e. The van der Waals surface area contributed by atoms with E-state index < -0.39 is 15.8 Å². The van der Waals surface area contributed by atoms with Crippen LogP contribution in [0.25, 0.3) is 0 Å². The van der Waals surface area contributed by atoms with Crippen LogP contribution in [0.2, 0.25) is 10.0 Å². The first-order valence-corrected chi connectivity index (χ1v) is 9.84. The van der Waals surface area contributed by atoms with Crippen LogP contribution in [0.5, 0.6) is 11.5 Å². The van der Waals surface area contributed by atoms with Gasteiger partial charge in [-0.15, -0.1) is 0 Å². The summed E-state index contributed by atoms with van der Waals surface area (Å²) in [5.41, 5.74) is -0.0361. The lowest BCUT2D eigenvalue weighted by Gasteiger charge is -2.12. The molecule has 3 aromatic rings. The molecule has 0 radical (unpaired) electrons. The molecule has 0 atom stereocenters. The van der Waals surface area contributed by atoms with Crippen molar-refractivity contribution in [3.8, 4) is 17.6 Å². The van der Waals surface area contributed by atoms with Crippen molar-refractivity contribution in [2.75, 3.05) is 4.72 Å². The summed E-state index contributed by atoms with van der Waals surface area (Å²) >= 11 is 12.0. The number of hydrogen-bond donors (Lipinski definition) is 1. The lowest BCUT2D eigenvalue weighted by molar-refractivity contribution is 0.481. The predicted octanol–water partition coefficient (Wildman–Crippen LogP) is 4.99. The fourth-order valence-corrected chi connectivity index (χ4v) is 3.53. The average molecular weight is 438 g/mol. The monoisotopic (exact) mass is 437 g/mol. The highest BCUT2D eigenvalue weighted by atomic mass is 35.5. The number of anilines is 1. The Balaban J connectivity index is 1.91. The van der Waals surface area contributed by atoms with E-state index in [1.807, 2.05) is 6.07 Å². The molecule has 28 heavy (non-hydrogen) atoms. The molecule has 10 heteroatoms. The lowest BCUT2D eigenvalue weighted by Crippen LogP contribution is -2.14. The molecule has 0 aliphatic heterocycles. The van der Waals surface area contributed by atoms with Crippen LogP contribution in [0.4, 0.5) is 10.2 Å². The maximum absolute atomic E-state index is 12.9. The number of halogens is 3. The molecule has 1 aromatic heterocycles. The largest absolute Gasteiger partial charge is 0.454 e. The van der Waals surface area contributed by atoms with E-state index in [1.54, 1.807) is 18.2 Å². The van der Waals surface area contributed by atoms with Gasteiger partial charge in [-0.3, -0.25) is 4.72 Å². The Kier molecular flexibility index (Phi) is 5.70. The summed E-state index contributed by atoms with van der Waals surface area (Å²) < 4.78 is 45.7. The number of nitrogens with zero attached hydrogens (tertiary/aromatic N) is 2. The van der Waals surface area contributed by atoms with Gasteiger partial charge in [0.15, 0.2) is 0 Å². The second-order valence-electron chi connectivity index (χ2n) is 5.39. The number of nitrogens with one attached hydrogen (secondary N) is 1. The van der Waals surface area contributed by atoms with Crippen molar-refractivity contribution in [3.05, 3.63) is 76.2 Å². The van der Waals surface area contributed by atoms with Crippen molar-refractivity contribution in [1.82, 2.24) is 4.98 Å². The van der Waals surface area contributed by atoms with Gasteiger partial charge in [-0.25, -0.2) is 17.8 Å². The molecule has 1 heterocycles. The molecule has 0 fully saturated rings. The van der Waals surface area contributed by atoms with Crippen LogP contribution in [-0.2, 0) is 10.0 Å². The lowest BCUT2D eigenvalue weighted by atomic mass is 10.2. The van der Waals surface area contributed by atoms with Gasteiger partial charge in [-0.1, -0.05) is 29.3 Å². The summed E-state index contributed by atoms with van der Waals surface area (Å²) in [5.74, 6) is -0.345. The van der Waals surface area contributed by atoms with Gasteiger partial charge in [0.05, 0.1) is 21.7 Å². The molecule has 2 aromatic carbocycles. The van der Waals surface area contributed by atoms with Gasteiger partial charge in [0.1, 0.15) is 34.2 Å². The van der Waals surface area contributed by atoms with E-state index in [4.69, 9.17) is 27.9 Å².